The number of rotatable bonds is 2. The van der Waals surface area contributed by atoms with E-state index in [-0.39, 0.29) is 5.56 Å². The van der Waals surface area contributed by atoms with Crippen molar-refractivity contribution < 1.29 is 18.3 Å². The van der Waals surface area contributed by atoms with Gasteiger partial charge < -0.3 is 5.11 Å². The molecule has 2 aromatic rings. The zero-order valence-corrected chi connectivity index (χ0v) is 10.4. The van der Waals surface area contributed by atoms with E-state index in [1.807, 2.05) is 0 Å². The quantitative estimate of drug-likeness (QED) is 0.911. The second-order valence-corrected chi connectivity index (χ2v) is 4.37. The van der Waals surface area contributed by atoms with Gasteiger partial charge in [-0.15, -0.1) is 0 Å². The third-order valence-corrected chi connectivity index (χ3v) is 2.88. The van der Waals surface area contributed by atoms with Crippen molar-refractivity contribution in [1.82, 2.24) is 9.78 Å². The fourth-order valence-electron chi connectivity index (χ4n) is 1.95. The molecule has 19 heavy (non-hydrogen) atoms. The van der Waals surface area contributed by atoms with Gasteiger partial charge in [-0.2, -0.15) is 18.3 Å². The van der Waals surface area contributed by atoms with E-state index in [9.17, 15) is 18.3 Å². The minimum atomic E-state index is -4.42. The van der Waals surface area contributed by atoms with Crippen molar-refractivity contribution >= 4 is 0 Å². The third kappa shape index (κ3) is 2.78. The lowest BCUT2D eigenvalue weighted by Crippen LogP contribution is -2.07. The largest absolute Gasteiger partial charge is 0.416 e. The molecule has 102 valence electrons. The molecule has 0 aliphatic heterocycles. The van der Waals surface area contributed by atoms with Crippen LogP contribution in [-0.4, -0.2) is 14.9 Å². The van der Waals surface area contributed by atoms with Gasteiger partial charge in [-0.1, -0.05) is 12.1 Å². The number of benzene rings is 1. The number of hydrogen-bond donors (Lipinski definition) is 1. The Morgan fingerprint density at radius 1 is 1.32 bits per heavy atom. The Labute approximate surface area is 108 Å². The topological polar surface area (TPSA) is 38.0 Å². The first-order valence-electron chi connectivity index (χ1n) is 5.64. The fourth-order valence-corrected chi connectivity index (χ4v) is 1.95. The van der Waals surface area contributed by atoms with Gasteiger partial charge in [0.25, 0.3) is 0 Å². The summed E-state index contributed by atoms with van der Waals surface area (Å²) >= 11 is 0. The normalized spacial score (nSPS) is 13.6. The Morgan fingerprint density at radius 2 is 2.00 bits per heavy atom. The highest BCUT2D eigenvalue weighted by Crippen LogP contribution is 2.32. The Morgan fingerprint density at radius 3 is 2.53 bits per heavy atom. The van der Waals surface area contributed by atoms with Crippen LogP contribution in [0.4, 0.5) is 13.2 Å². The molecule has 6 heteroatoms. The first kappa shape index (κ1) is 13.6. The van der Waals surface area contributed by atoms with Crippen molar-refractivity contribution in [3.05, 3.63) is 52.8 Å². The van der Waals surface area contributed by atoms with Gasteiger partial charge >= 0.3 is 6.18 Å². The van der Waals surface area contributed by atoms with E-state index < -0.39 is 17.8 Å². The molecule has 1 aromatic heterocycles. The van der Waals surface area contributed by atoms with Gasteiger partial charge in [0.1, 0.15) is 6.10 Å². The zero-order chi connectivity index (χ0) is 14.2. The van der Waals surface area contributed by atoms with E-state index in [0.717, 1.165) is 12.1 Å². The van der Waals surface area contributed by atoms with Crippen LogP contribution in [-0.2, 0) is 13.2 Å². The van der Waals surface area contributed by atoms with Crippen LogP contribution in [0, 0.1) is 6.92 Å². The monoisotopic (exact) mass is 270 g/mol. The van der Waals surface area contributed by atoms with Crippen LogP contribution < -0.4 is 0 Å². The van der Waals surface area contributed by atoms with E-state index in [1.165, 1.54) is 16.8 Å². The van der Waals surface area contributed by atoms with E-state index in [0.29, 0.717) is 11.3 Å². The molecule has 2 rings (SSSR count). The second kappa shape index (κ2) is 4.70. The Balaban J connectivity index is 2.39. The molecule has 1 atom stereocenters. The lowest BCUT2D eigenvalue weighted by molar-refractivity contribution is -0.137. The molecule has 3 nitrogen and oxygen atoms in total. The summed E-state index contributed by atoms with van der Waals surface area (Å²) in [5.41, 5.74) is 0.519. The summed E-state index contributed by atoms with van der Waals surface area (Å²) < 4.78 is 39.4. The molecule has 0 spiro atoms. The standard InChI is InChI=1S/C13H13F3N2O/c1-8-11(7-18(2)17-8)12(19)9-4-3-5-10(6-9)13(14,15)16/h3-7,12,19H,1-2H3. The van der Waals surface area contributed by atoms with Crippen molar-refractivity contribution in [3.63, 3.8) is 0 Å². The van der Waals surface area contributed by atoms with Crippen molar-refractivity contribution in [2.45, 2.75) is 19.2 Å². The summed E-state index contributed by atoms with van der Waals surface area (Å²) in [6.45, 7) is 1.70. The molecule has 1 heterocycles. The SMILES string of the molecule is Cc1nn(C)cc1C(O)c1cccc(C(F)(F)F)c1. The summed E-state index contributed by atoms with van der Waals surface area (Å²) in [5, 5.41) is 14.2. The molecule has 0 aliphatic carbocycles. The predicted octanol–water partition coefficient (Wildman–Crippen LogP) is 2.83. The first-order valence-corrected chi connectivity index (χ1v) is 5.64. The Hall–Kier alpha value is -1.82. The number of aromatic nitrogens is 2. The summed E-state index contributed by atoms with van der Waals surface area (Å²) in [5.74, 6) is 0. The average molecular weight is 270 g/mol. The Kier molecular flexibility index (Phi) is 3.36. The fraction of sp³-hybridized carbons (Fsp3) is 0.308. The van der Waals surface area contributed by atoms with Gasteiger partial charge in [0.15, 0.2) is 0 Å². The van der Waals surface area contributed by atoms with Gasteiger partial charge in [-0.05, 0) is 24.6 Å². The zero-order valence-electron chi connectivity index (χ0n) is 10.4. The van der Waals surface area contributed by atoms with Gasteiger partial charge in [0.05, 0.1) is 11.3 Å². The lowest BCUT2D eigenvalue weighted by atomic mass is 10.0. The predicted molar refractivity (Wildman–Crippen MR) is 63.5 cm³/mol. The molecular weight excluding hydrogens is 257 g/mol. The van der Waals surface area contributed by atoms with Crippen LogP contribution in [0.5, 0.6) is 0 Å². The van der Waals surface area contributed by atoms with Gasteiger partial charge in [-0.3, -0.25) is 4.68 Å². The van der Waals surface area contributed by atoms with E-state index in [2.05, 4.69) is 5.10 Å². The smallest absolute Gasteiger partial charge is 0.384 e. The number of halogens is 3. The summed E-state index contributed by atoms with van der Waals surface area (Å²) in [4.78, 5) is 0. The van der Waals surface area contributed by atoms with Crippen LogP contribution >= 0.6 is 0 Å². The summed E-state index contributed by atoms with van der Waals surface area (Å²) in [7, 11) is 1.69. The number of aliphatic hydroxyl groups is 1. The molecule has 1 aromatic carbocycles. The minimum Gasteiger partial charge on any atom is -0.384 e. The van der Waals surface area contributed by atoms with Crippen molar-refractivity contribution in [1.29, 1.82) is 0 Å². The maximum absolute atomic E-state index is 12.6. The molecule has 1 N–H and O–H groups in total. The Bertz CT molecular complexity index is 590. The maximum atomic E-state index is 12.6. The van der Waals surface area contributed by atoms with Gasteiger partial charge in [-0.25, -0.2) is 0 Å². The van der Waals surface area contributed by atoms with Crippen LogP contribution in [0.1, 0.15) is 28.5 Å². The molecular formula is C13H13F3N2O. The lowest BCUT2D eigenvalue weighted by Gasteiger charge is -2.13. The highest BCUT2D eigenvalue weighted by molar-refractivity contribution is 5.34. The van der Waals surface area contributed by atoms with E-state index in [1.54, 1.807) is 20.2 Å². The van der Waals surface area contributed by atoms with Crippen molar-refractivity contribution in [2.24, 2.45) is 7.05 Å². The highest BCUT2D eigenvalue weighted by atomic mass is 19.4. The number of aryl methyl sites for hydroxylation is 2. The molecule has 1 unspecified atom stereocenters. The van der Waals surface area contributed by atoms with E-state index >= 15 is 0 Å². The first-order chi connectivity index (χ1) is 8.79. The molecule has 0 saturated heterocycles. The van der Waals surface area contributed by atoms with Crippen LogP contribution in [0.2, 0.25) is 0 Å². The highest BCUT2D eigenvalue weighted by Gasteiger charge is 2.31. The second-order valence-electron chi connectivity index (χ2n) is 4.37. The average Bonchev–Trinajstić information content (AvgIpc) is 2.66. The molecule has 0 amide bonds. The number of hydrogen-bond acceptors (Lipinski definition) is 2. The van der Waals surface area contributed by atoms with Crippen LogP contribution in [0.25, 0.3) is 0 Å². The molecule has 0 fully saturated rings. The van der Waals surface area contributed by atoms with Gasteiger partial charge in [0.2, 0.25) is 0 Å². The van der Waals surface area contributed by atoms with E-state index in [4.69, 9.17) is 0 Å². The molecule has 0 aliphatic rings. The third-order valence-electron chi connectivity index (χ3n) is 2.88. The van der Waals surface area contributed by atoms with Crippen LogP contribution in [0.15, 0.2) is 30.5 Å². The van der Waals surface area contributed by atoms with Crippen molar-refractivity contribution in [3.8, 4) is 0 Å². The minimum absolute atomic E-state index is 0.200. The number of nitrogens with zero attached hydrogens (tertiary/aromatic N) is 2. The molecule has 0 bridgehead atoms. The van der Waals surface area contributed by atoms with Gasteiger partial charge in [0, 0.05) is 18.8 Å². The molecule has 0 radical (unpaired) electrons. The van der Waals surface area contributed by atoms with Crippen molar-refractivity contribution in [2.75, 3.05) is 0 Å². The maximum Gasteiger partial charge on any atom is 0.416 e. The summed E-state index contributed by atoms with van der Waals surface area (Å²) in [6.07, 6.45) is -3.93. The summed E-state index contributed by atoms with van der Waals surface area (Å²) in [6, 6.07) is 4.68. The molecule has 0 saturated carbocycles. The number of aliphatic hydroxyl groups excluding tert-OH is 1. The van der Waals surface area contributed by atoms with Crippen LogP contribution in [0.3, 0.4) is 0 Å². The number of alkyl halides is 3.